The molecule has 0 aliphatic carbocycles. The molecule has 6 heteroatoms. The second-order valence-electron chi connectivity index (χ2n) is 2.66. The molecule has 1 rings (SSSR count). The first-order chi connectivity index (χ1) is 6.50. The van der Waals surface area contributed by atoms with Crippen molar-refractivity contribution in [2.24, 2.45) is 5.73 Å². The summed E-state index contributed by atoms with van der Waals surface area (Å²) in [5, 5.41) is 8.60. The third-order valence-electron chi connectivity index (χ3n) is 1.56. The topological polar surface area (TPSA) is 102 Å². The third kappa shape index (κ3) is 2.19. The molecule has 0 aliphatic rings. The highest BCUT2D eigenvalue weighted by Gasteiger charge is 2.06. The average Bonchev–Trinajstić information content (AvgIpc) is 2.07. The van der Waals surface area contributed by atoms with Crippen molar-refractivity contribution < 1.29 is 14.7 Å². The number of primary amides is 1. The zero-order valence-corrected chi connectivity index (χ0v) is 7.14. The van der Waals surface area contributed by atoms with Crippen LogP contribution in [0, 0.1) is 0 Å². The van der Waals surface area contributed by atoms with E-state index in [4.69, 9.17) is 10.8 Å². The van der Waals surface area contributed by atoms with Crippen molar-refractivity contribution in [3.8, 4) is 0 Å². The maximum Gasteiger partial charge on any atom is 0.337 e. The molecule has 0 radical (unpaired) electrons. The fraction of sp³-hybridized carbons (Fsp3) is 0.125. The zero-order chi connectivity index (χ0) is 10.7. The van der Waals surface area contributed by atoms with E-state index in [1.807, 2.05) is 0 Å². The Kier molecular flexibility index (Phi) is 2.66. The Morgan fingerprint density at radius 3 is 2.57 bits per heavy atom. The summed E-state index contributed by atoms with van der Waals surface area (Å²) in [6.45, 7) is -0.319. The lowest BCUT2D eigenvalue weighted by atomic mass is 10.3. The molecule has 14 heavy (non-hydrogen) atoms. The summed E-state index contributed by atoms with van der Waals surface area (Å²) in [5.41, 5.74) is 4.35. The minimum absolute atomic E-state index is 0.0640. The highest BCUT2D eigenvalue weighted by atomic mass is 16.4. The zero-order valence-electron chi connectivity index (χ0n) is 7.14. The molecule has 0 aromatic carbocycles. The Balaban J connectivity index is 3.15. The first-order valence-corrected chi connectivity index (χ1v) is 3.73. The molecule has 1 aromatic rings. The Bertz CT molecular complexity index is 435. The quantitative estimate of drug-likeness (QED) is 0.649. The number of carbonyl (C=O) groups is 2. The van der Waals surface area contributed by atoms with Gasteiger partial charge in [0.2, 0.25) is 5.91 Å². The van der Waals surface area contributed by atoms with E-state index in [2.05, 4.69) is 0 Å². The Hall–Kier alpha value is -2.11. The molecule has 0 fully saturated rings. The van der Waals surface area contributed by atoms with Crippen LogP contribution in [0.5, 0.6) is 0 Å². The minimum Gasteiger partial charge on any atom is -0.478 e. The van der Waals surface area contributed by atoms with Gasteiger partial charge in [-0.2, -0.15) is 0 Å². The second-order valence-corrected chi connectivity index (χ2v) is 2.66. The number of carbonyl (C=O) groups excluding carboxylic acids is 1. The van der Waals surface area contributed by atoms with Crippen molar-refractivity contribution in [1.82, 2.24) is 4.57 Å². The molecule has 0 bridgehead atoms. The maximum absolute atomic E-state index is 11.1. The van der Waals surface area contributed by atoms with Crippen molar-refractivity contribution >= 4 is 11.9 Å². The molecule has 0 atom stereocenters. The molecule has 74 valence electrons. The van der Waals surface area contributed by atoms with Crippen molar-refractivity contribution in [3.05, 3.63) is 34.2 Å². The van der Waals surface area contributed by atoms with Crippen molar-refractivity contribution in [1.29, 1.82) is 0 Å². The number of carboxylic acids is 1. The fourth-order valence-corrected chi connectivity index (χ4v) is 0.949. The number of hydrogen-bond donors (Lipinski definition) is 2. The summed E-state index contributed by atoms with van der Waals surface area (Å²) in [6.07, 6.45) is 1.08. The van der Waals surface area contributed by atoms with Gasteiger partial charge < -0.3 is 15.4 Å². The number of nitrogens with two attached hydrogens (primary N) is 1. The van der Waals surface area contributed by atoms with Gasteiger partial charge in [0.25, 0.3) is 5.56 Å². The van der Waals surface area contributed by atoms with Crippen LogP contribution in [0.1, 0.15) is 10.4 Å². The summed E-state index contributed by atoms with van der Waals surface area (Å²) in [4.78, 5) is 32.1. The van der Waals surface area contributed by atoms with Crippen LogP contribution >= 0.6 is 0 Å². The van der Waals surface area contributed by atoms with Gasteiger partial charge in [-0.25, -0.2) is 4.79 Å². The number of nitrogens with zero attached hydrogens (tertiary/aromatic N) is 1. The molecular weight excluding hydrogens is 188 g/mol. The molecule has 0 saturated carbocycles. The first-order valence-electron chi connectivity index (χ1n) is 3.73. The predicted molar refractivity (Wildman–Crippen MR) is 46.9 cm³/mol. The lowest BCUT2D eigenvalue weighted by Crippen LogP contribution is -2.27. The van der Waals surface area contributed by atoms with Crippen LogP contribution in [-0.4, -0.2) is 21.6 Å². The summed E-state index contributed by atoms with van der Waals surface area (Å²) in [7, 11) is 0. The van der Waals surface area contributed by atoms with Crippen LogP contribution < -0.4 is 11.3 Å². The van der Waals surface area contributed by atoms with Crippen LogP contribution in [0.2, 0.25) is 0 Å². The van der Waals surface area contributed by atoms with Gasteiger partial charge in [-0.05, 0) is 6.07 Å². The van der Waals surface area contributed by atoms with Gasteiger partial charge in [0.05, 0.1) is 5.56 Å². The second kappa shape index (κ2) is 3.73. The third-order valence-corrected chi connectivity index (χ3v) is 1.56. The van der Waals surface area contributed by atoms with Crippen LogP contribution in [0.15, 0.2) is 23.1 Å². The number of aromatic nitrogens is 1. The summed E-state index contributed by atoms with van der Waals surface area (Å²) in [5.74, 6) is -1.86. The monoisotopic (exact) mass is 196 g/mol. The largest absolute Gasteiger partial charge is 0.478 e. The number of rotatable bonds is 3. The molecule has 6 nitrogen and oxygen atoms in total. The molecule has 0 aliphatic heterocycles. The number of amides is 1. The van der Waals surface area contributed by atoms with E-state index in [1.54, 1.807) is 0 Å². The van der Waals surface area contributed by atoms with Gasteiger partial charge in [0.15, 0.2) is 0 Å². The van der Waals surface area contributed by atoms with E-state index < -0.39 is 17.4 Å². The van der Waals surface area contributed by atoms with Gasteiger partial charge >= 0.3 is 5.97 Å². The standard InChI is InChI=1S/C8H8N2O4/c9-6(11)4-10-3-5(8(13)14)1-2-7(10)12/h1-3H,4H2,(H2,9,11)(H,13,14). The first kappa shape index (κ1) is 9.97. The summed E-state index contributed by atoms with van der Waals surface area (Å²) in [6, 6.07) is 2.24. The van der Waals surface area contributed by atoms with Crippen molar-refractivity contribution in [2.75, 3.05) is 0 Å². The van der Waals surface area contributed by atoms with E-state index in [1.165, 1.54) is 6.07 Å². The van der Waals surface area contributed by atoms with E-state index >= 15 is 0 Å². The normalized spacial score (nSPS) is 9.71. The average molecular weight is 196 g/mol. The van der Waals surface area contributed by atoms with Gasteiger partial charge in [-0.1, -0.05) is 0 Å². The lowest BCUT2D eigenvalue weighted by Gasteiger charge is -2.02. The number of hydrogen-bond acceptors (Lipinski definition) is 3. The highest BCUT2D eigenvalue weighted by molar-refractivity contribution is 5.87. The molecule has 0 spiro atoms. The molecule has 1 aromatic heterocycles. The minimum atomic E-state index is -1.16. The van der Waals surface area contributed by atoms with Crippen LogP contribution in [0.4, 0.5) is 0 Å². The van der Waals surface area contributed by atoms with Gasteiger partial charge in [0.1, 0.15) is 6.54 Å². The Labute approximate surface area is 78.6 Å². The van der Waals surface area contributed by atoms with E-state index in [0.717, 1.165) is 16.8 Å². The predicted octanol–water partition coefficient (Wildman–Crippen LogP) is -0.968. The molecule has 3 N–H and O–H groups in total. The maximum atomic E-state index is 11.1. The van der Waals surface area contributed by atoms with Gasteiger partial charge in [0, 0.05) is 12.3 Å². The smallest absolute Gasteiger partial charge is 0.337 e. The SMILES string of the molecule is NC(=O)Cn1cc(C(=O)O)ccc1=O. The van der Waals surface area contributed by atoms with Gasteiger partial charge in [-0.15, -0.1) is 0 Å². The van der Waals surface area contributed by atoms with Crippen LogP contribution in [0.3, 0.4) is 0 Å². The molecule has 1 heterocycles. The van der Waals surface area contributed by atoms with E-state index in [0.29, 0.717) is 0 Å². The number of aromatic carboxylic acids is 1. The highest BCUT2D eigenvalue weighted by Crippen LogP contribution is 1.94. The number of pyridine rings is 1. The molecule has 1 amide bonds. The van der Waals surface area contributed by atoms with Crippen molar-refractivity contribution in [2.45, 2.75) is 6.54 Å². The van der Waals surface area contributed by atoms with Crippen molar-refractivity contribution in [3.63, 3.8) is 0 Å². The molecule has 0 unspecified atom stereocenters. The van der Waals surface area contributed by atoms with Crippen LogP contribution in [0.25, 0.3) is 0 Å². The van der Waals surface area contributed by atoms with E-state index in [9.17, 15) is 14.4 Å². The fourth-order valence-electron chi connectivity index (χ4n) is 0.949. The summed E-state index contributed by atoms with van der Waals surface area (Å²) >= 11 is 0. The Morgan fingerprint density at radius 2 is 2.07 bits per heavy atom. The Morgan fingerprint density at radius 1 is 1.43 bits per heavy atom. The van der Waals surface area contributed by atoms with Crippen LogP contribution in [-0.2, 0) is 11.3 Å². The van der Waals surface area contributed by atoms with E-state index in [-0.39, 0.29) is 12.1 Å². The molecular formula is C8H8N2O4. The van der Waals surface area contributed by atoms with Gasteiger partial charge in [-0.3, -0.25) is 9.59 Å². The lowest BCUT2D eigenvalue weighted by molar-refractivity contribution is -0.118. The summed E-state index contributed by atoms with van der Waals surface area (Å²) < 4.78 is 0.950. The number of carboxylic acid groups (broad SMARTS) is 1. The molecule has 0 saturated heterocycles.